The summed E-state index contributed by atoms with van der Waals surface area (Å²) in [4.78, 5) is 13.3. The zero-order valence-corrected chi connectivity index (χ0v) is 8.73. The van der Waals surface area contributed by atoms with E-state index in [0.717, 1.165) is 5.69 Å². The second-order valence-electron chi connectivity index (χ2n) is 3.18. The molecular weight excluding hydrogens is 192 g/mol. The molecule has 0 amide bonds. The predicted octanol–water partition coefficient (Wildman–Crippen LogP) is 1.43. The first-order valence-electron chi connectivity index (χ1n) is 4.46. The van der Waals surface area contributed by atoms with Gasteiger partial charge in [-0.2, -0.15) is 5.26 Å². The number of nitrogens with zero attached hydrogens (tertiary/aromatic N) is 2. The third-order valence-corrected chi connectivity index (χ3v) is 1.87. The highest BCUT2D eigenvalue weighted by atomic mass is 16.5. The summed E-state index contributed by atoms with van der Waals surface area (Å²) in [5.74, 6) is -0.472. The van der Waals surface area contributed by atoms with Gasteiger partial charge in [0, 0.05) is 19.8 Å². The van der Waals surface area contributed by atoms with E-state index in [1.54, 1.807) is 24.3 Å². The lowest BCUT2D eigenvalue weighted by Crippen LogP contribution is -2.11. The fourth-order valence-corrected chi connectivity index (χ4v) is 1.09. The van der Waals surface area contributed by atoms with Crippen molar-refractivity contribution in [2.45, 2.75) is 0 Å². The smallest absolute Gasteiger partial charge is 0.339 e. The molecule has 0 saturated carbocycles. The molecule has 0 saturated heterocycles. The maximum Gasteiger partial charge on any atom is 0.339 e. The van der Waals surface area contributed by atoms with Crippen LogP contribution in [-0.2, 0) is 4.74 Å². The number of rotatable bonds is 3. The predicted molar refractivity (Wildman–Crippen MR) is 56.7 cm³/mol. The maximum atomic E-state index is 11.4. The SMILES string of the molecule is CN(C)c1cccc(C(=O)OCC#N)c1. The normalized spacial score (nSPS) is 9.13. The van der Waals surface area contributed by atoms with Crippen molar-refractivity contribution in [1.29, 1.82) is 5.26 Å². The fraction of sp³-hybridized carbons (Fsp3) is 0.273. The molecule has 1 rings (SSSR count). The molecule has 0 atom stereocenters. The fourth-order valence-electron chi connectivity index (χ4n) is 1.09. The van der Waals surface area contributed by atoms with Gasteiger partial charge in [0.05, 0.1) is 5.56 Å². The molecule has 0 bridgehead atoms. The Labute approximate surface area is 88.7 Å². The minimum Gasteiger partial charge on any atom is -0.447 e. The van der Waals surface area contributed by atoms with E-state index in [1.807, 2.05) is 25.1 Å². The lowest BCUT2D eigenvalue weighted by molar-refractivity contribution is 0.0555. The number of carbonyl (C=O) groups is 1. The monoisotopic (exact) mass is 204 g/mol. The Balaban J connectivity index is 2.82. The second kappa shape index (κ2) is 5.01. The highest BCUT2D eigenvalue weighted by Gasteiger charge is 2.07. The summed E-state index contributed by atoms with van der Waals surface area (Å²) in [7, 11) is 3.78. The van der Waals surface area contributed by atoms with Crippen LogP contribution in [0.3, 0.4) is 0 Å². The summed E-state index contributed by atoms with van der Waals surface area (Å²) < 4.78 is 4.69. The van der Waals surface area contributed by atoms with Crippen LogP contribution in [0.4, 0.5) is 5.69 Å². The van der Waals surface area contributed by atoms with E-state index in [9.17, 15) is 4.79 Å². The van der Waals surface area contributed by atoms with Gasteiger partial charge in [-0.15, -0.1) is 0 Å². The van der Waals surface area contributed by atoms with E-state index < -0.39 is 5.97 Å². The van der Waals surface area contributed by atoms with Gasteiger partial charge < -0.3 is 9.64 Å². The number of benzene rings is 1. The van der Waals surface area contributed by atoms with Crippen LogP contribution in [0, 0.1) is 11.3 Å². The number of anilines is 1. The molecule has 0 fully saturated rings. The average Bonchev–Trinajstić information content (AvgIpc) is 2.26. The molecule has 0 spiro atoms. The summed E-state index contributed by atoms with van der Waals surface area (Å²) in [6.07, 6.45) is 0. The third kappa shape index (κ3) is 2.99. The van der Waals surface area contributed by atoms with Crippen molar-refractivity contribution in [3.8, 4) is 6.07 Å². The van der Waals surface area contributed by atoms with E-state index in [4.69, 9.17) is 10.00 Å². The largest absolute Gasteiger partial charge is 0.447 e. The second-order valence-corrected chi connectivity index (χ2v) is 3.18. The Bertz CT molecular complexity index is 394. The van der Waals surface area contributed by atoms with E-state index in [0.29, 0.717) is 5.56 Å². The highest BCUT2D eigenvalue weighted by molar-refractivity contribution is 5.90. The number of esters is 1. The van der Waals surface area contributed by atoms with Crippen LogP contribution in [0.25, 0.3) is 0 Å². The van der Waals surface area contributed by atoms with Crippen LogP contribution in [0.15, 0.2) is 24.3 Å². The highest BCUT2D eigenvalue weighted by Crippen LogP contribution is 2.13. The number of hydrogen-bond acceptors (Lipinski definition) is 4. The van der Waals surface area contributed by atoms with Crippen molar-refractivity contribution >= 4 is 11.7 Å². The van der Waals surface area contributed by atoms with Gasteiger partial charge in [-0.25, -0.2) is 4.79 Å². The van der Waals surface area contributed by atoms with Gasteiger partial charge in [0.2, 0.25) is 0 Å². The Hall–Kier alpha value is -2.02. The third-order valence-electron chi connectivity index (χ3n) is 1.87. The molecule has 4 heteroatoms. The summed E-state index contributed by atoms with van der Waals surface area (Å²) in [6, 6.07) is 8.80. The Kier molecular flexibility index (Phi) is 3.69. The van der Waals surface area contributed by atoms with Gasteiger partial charge >= 0.3 is 5.97 Å². The van der Waals surface area contributed by atoms with Crippen LogP contribution in [-0.4, -0.2) is 26.7 Å². The number of hydrogen-bond donors (Lipinski definition) is 0. The standard InChI is InChI=1S/C11H12N2O2/c1-13(2)10-5-3-4-9(8-10)11(14)15-7-6-12/h3-5,8H,7H2,1-2H3. The number of ether oxygens (including phenoxy) is 1. The minimum absolute atomic E-state index is 0.217. The van der Waals surface area contributed by atoms with Crippen LogP contribution in [0.5, 0.6) is 0 Å². The molecule has 0 aliphatic carbocycles. The van der Waals surface area contributed by atoms with Gasteiger partial charge in [-0.3, -0.25) is 0 Å². The van der Waals surface area contributed by atoms with Gasteiger partial charge in [-0.05, 0) is 18.2 Å². The molecule has 15 heavy (non-hydrogen) atoms. The van der Waals surface area contributed by atoms with Gasteiger partial charge in [-0.1, -0.05) is 6.07 Å². The summed E-state index contributed by atoms with van der Waals surface area (Å²) >= 11 is 0. The first-order valence-corrected chi connectivity index (χ1v) is 4.46. The van der Waals surface area contributed by atoms with Crippen LogP contribution >= 0.6 is 0 Å². The molecule has 0 aliphatic rings. The van der Waals surface area contributed by atoms with Crippen molar-refractivity contribution in [2.75, 3.05) is 25.6 Å². The van der Waals surface area contributed by atoms with Crippen LogP contribution in [0.1, 0.15) is 10.4 Å². The van der Waals surface area contributed by atoms with E-state index in [-0.39, 0.29) is 6.61 Å². The molecule has 0 aliphatic heterocycles. The van der Waals surface area contributed by atoms with Crippen molar-refractivity contribution in [2.24, 2.45) is 0 Å². The average molecular weight is 204 g/mol. The van der Waals surface area contributed by atoms with Crippen LogP contribution in [0.2, 0.25) is 0 Å². The topological polar surface area (TPSA) is 53.3 Å². The molecule has 1 aromatic carbocycles. The zero-order chi connectivity index (χ0) is 11.3. The summed E-state index contributed by atoms with van der Waals surface area (Å²) in [5.41, 5.74) is 1.37. The van der Waals surface area contributed by atoms with E-state index in [2.05, 4.69) is 0 Å². The minimum atomic E-state index is -0.472. The van der Waals surface area contributed by atoms with Gasteiger partial charge in [0.1, 0.15) is 6.07 Å². The number of nitriles is 1. The van der Waals surface area contributed by atoms with Crippen molar-refractivity contribution in [3.05, 3.63) is 29.8 Å². The van der Waals surface area contributed by atoms with Gasteiger partial charge in [0.25, 0.3) is 0 Å². The quantitative estimate of drug-likeness (QED) is 0.699. The first kappa shape index (κ1) is 11.1. The molecule has 1 aromatic rings. The van der Waals surface area contributed by atoms with Crippen LogP contribution < -0.4 is 4.90 Å². The first-order chi connectivity index (χ1) is 7.15. The Morgan fingerprint density at radius 1 is 1.53 bits per heavy atom. The molecule has 0 unspecified atom stereocenters. The van der Waals surface area contributed by atoms with E-state index in [1.165, 1.54) is 0 Å². The number of carbonyl (C=O) groups excluding carboxylic acids is 1. The lowest BCUT2D eigenvalue weighted by Gasteiger charge is -2.12. The Morgan fingerprint density at radius 2 is 2.27 bits per heavy atom. The molecule has 0 aromatic heterocycles. The van der Waals surface area contributed by atoms with Gasteiger partial charge in [0.15, 0.2) is 6.61 Å². The molecular formula is C11H12N2O2. The maximum absolute atomic E-state index is 11.4. The van der Waals surface area contributed by atoms with Crippen molar-refractivity contribution in [3.63, 3.8) is 0 Å². The summed E-state index contributed by atoms with van der Waals surface area (Å²) in [6.45, 7) is -0.217. The lowest BCUT2D eigenvalue weighted by atomic mass is 10.2. The van der Waals surface area contributed by atoms with E-state index >= 15 is 0 Å². The molecule has 0 N–H and O–H groups in total. The molecule has 78 valence electrons. The molecule has 4 nitrogen and oxygen atoms in total. The Morgan fingerprint density at radius 3 is 2.87 bits per heavy atom. The van der Waals surface area contributed by atoms with Crippen molar-refractivity contribution < 1.29 is 9.53 Å². The zero-order valence-electron chi connectivity index (χ0n) is 8.73. The molecule has 0 radical (unpaired) electrons. The summed E-state index contributed by atoms with van der Waals surface area (Å²) in [5, 5.41) is 8.27. The molecule has 0 heterocycles. The van der Waals surface area contributed by atoms with Crippen molar-refractivity contribution in [1.82, 2.24) is 0 Å².